The molecule has 0 atom stereocenters. The van der Waals surface area contributed by atoms with Gasteiger partial charge in [-0.25, -0.2) is 4.68 Å². The van der Waals surface area contributed by atoms with E-state index in [1.54, 1.807) is 6.20 Å². The number of alkyl halides is 2. The van der Waals surface area contributed by atoms with Crippen LogP contribution in [0.15, 0.2) is 36.7 Å². The fourth-order valence-electron chi connectivity index (χ4n) is 2.27. The second-order valence-corrected chi connectivity index (χ2v) is 8.06. The van der Waals surface area contributed by atoms with Crippen LogP contribution in [0.1, 0.15) is 22.3 Å². The number of benzene rings is 1. The van der Waals surface area contributed by atoms with Crippen LogP contribution in [-0.2, 0) is 6.42 Å². The molecule has 0 fully saturated rings. The zero-order valence-electron chi connectivity index (χ0n) is 9.44. The number of fused-ring (bicyclic) bond motifs is 1. The molecule has 5 heteroatoms. The van der Waals surface area contributed by atoms with Crippen molar-refractivity contribution in [3.05, 3.63) is 47.8 Å². The van der Waals surface area contributed by atoms with Crippen LogP contribution in [0.3, 0.4) is 0 Å². The Hall–Kier alpha value is -0.940. The van der Waals surface area contributed by atoms with Crippen molar-refractivity contribution in [1.29, 1.82) is 0 Å². The Balaban J connectivity index is 2.18. The summed E-state index contributed by atoms with van der Waals surface area (Å²) in [7, 11) is 0. The first kappa shape index (κ1) is 12.1. The van der Waals surface area contributed by atoms with E-state index < -0.39 is 3.23 Å². The molecule has 1 heterocycles. The summed E-state index contributed by atoms with van der Waals surface area (Å²) in [6.07, 6.45) is 5.21. The fourth-order valence-corrected chi connectivity index (χ4v) is 3.09. The van der Waals surface area contributed by atoms with Crippen molar-refractivity contribution in [3.63, 3.8) is 0 Å². The van der Waals surface area contributed by atoms with Gasteiger partial charge in [-0.05, 0) is 30.5 Å². The molecule has 0 bridgehead atoms. The highest BCUT2D eigenvalue weighted by molar-refractivity contribution is 9.26. The van der Waals surface area contributed by atoms with Crippen molar-refractivity contribution in [2.45, 2.75) is 16.1 Å². The summed E-state index contributed by atoms with van der Waals surface area (Å²) in [4.78, 5) is 12.3. The Labute approximate surface area is 121 Å². The lowest BCUT2D eigenvalue weighted by atomic mass is 9.89. The lowest BCUT2D eigenvalue weighted by Gasteiger charge is -2.27. The van der Waals surface area contributed by atoms with Crippen molar-refractivity contribution in [2.24, 2.45) is 0 Å². The Morgan fingerprint density at radius 1 is 1.28 bits per heavy atom. The van der Waals surface area contributed by atoms with Crippen LogP contribution in [0, 0.1) is 0 Å². The van der Waals surface area contributed by atoms with E-state index in [4.69, 9.17) is 0 Å². The third kappa shape index (κ3) is 1.86. The quantitative estimate of drug-likeness (QED) is 0.721. The van der Waals surface area contributed by atoms with Gasteiger partial charge in [-0.3, -0.25) is 4.79 Å². The molecule has 92 valence electrons. The van der Waals surface area contributed by atoms with Crippen LogP contribution in [0.2, 0.25) is 0 Å². The lowest BCUT2D eigenvalue weighted by molar-refractivity contribution is 0.0972. The van der Waals surface area contributed by atoms with Gasteiger partial charge in [0.1, 0.15) is 3.23 Å². The molecular formula is C13H10Br2N2O. The molecule has 1 aliphatic rings. The molecule has 0 N–H and O–H groups in total. The topological polar surface area (TPSA) is 34.9 Å². The standard InChI is InChI=1S/C13H10Br2N2O/c14-13(15)6-5-9-10(12(13)18)3-1-4-11(9)17-8-2-7-16-17/h1-4,7-8H,5-6H2. The van der Waals surface area contributed by atoms with Gasteiger partial charge in [0.15, 0.2) is 5.78 Å². The first-order chi connectivity index (χ1) is 8.59. The zero-order chi connectivity index (χ0) is 12.8. The summed E-state index contributed by atoms with van der Waals surface area (Å²) >= 11 is 6.89. The maximum atomic E-state index is 12.3. The largest absolute Gasteiger partial charge is 0.292 e. The van der Waals surface area contributed by atoms with Gasteiger partial charge in [-0.2, -0.15) is 5.10 Å². The van der Waals surface area contributed by atoms with Gasteiger partial charge in [-0.15, -0.1) is 0 Å². The third-order valence-electron chi connectivity index (χ3n) is 3.17. The van der Waals surface area contributed by atoms with Crippen LogP contribution in [0.4, 0.5) is 0 Å². The number of rotatable bonds is 1. The Morgan fingerprint density at radius 3 is 2.83 bits per heavy atom. The van der Waals surface area contributed by atoms with E-state index in [1.807, 2.05) is 35.1 Å². The number of hydrogen-bond acceptors (Lipinski definition) is 2. The first-order valence-electron chi connectivity index (χ1n) is 5.64. The van der Waals surface area contributed by atoms with E-state index in [0.717, 1.165) is 29.7 Å². The first-order valence-corrected chi connectivity index (χ1v) is 7.23. The van der Waals surface area contributed by atoms with Crippen molar-refractivity contribution in [3.8, 4) is 5.69 Å². The van der Waals surface area contributed by atoms with E-state index in [0.29, 0.717) is 0 Å². The highest BCUT2D eigenvalue weighted by atomic mass is 79.9. The molecule has 0 spiro atoms. The Bertz CT molecular complexity index is 605. The van der Waals surface area contributed by atoms with Crippen molar-refractivity contribution in [1.82, 2.24) is 9.78 Å². The van der Waals surface area contributed by atoms with Crippen LogP contribution in [0.5, 0.6) is 0 Å². The molecular weight excluding hydrogens is 360 g/mol. The molecule has 0 saturated heterocycles. The molecule has 3 nitrogen and oxygen atoms in total. The molecule has 18 heavy (non-hydrogen) atoms. The number of carbonyl (C=O) groups is 1. The van der Waals surface area contributed by atoms with Gasteiger partial charge in [0, 0.05) is 18.0 Å². The summed E-state index contributed by atoms with van der Waals surface area (Å²) in [6, 6.07) is 7.65. The normalized spacial score (nSPS) is 17.6. The number of halogens is 2. The second kappa shape index (κ2) is 4.31. The number of nitrogens with zero attached hydrogens (tertiary/aromatic N) is 2. The van der Waals surface area contributed by atoms with Crippen LogP contribution < -0.4 is 0 Å². The molecule has 0 amide bonds. The van der Waals surface area contributed by atoms with E-state index in [-0.39, 0.29) is 5.78 Å². The van der Waals surface area contributed by atoms with Gasteiger partial charge in [0.2, 0.25) is 0 Å². The third-order valence-corrected chi connectivity index (χ3v) is 4.68. The van der Waals surface area contributed by atoms with Gasteiger partial charge in [0.05, 0.1) is 5.69 Å². The number of aromatic nitrogens is 2. The minimum absolute atomic E-state index is 0.0813. The van der Waals surface area contributed by atoms with Gasteiger partial charge < -0.3 is 0 Å². The molecule has 0 aliphatic heterocycles. The Kier molecular flexibility index (Phi) is 2.90. The summed E-state index contributed by atoms with van der Waals surface area (Å²) in [5.74, 6) is 0.0813. The van der Waals surface area contributed by atoms with E-state index in [9.17, 15) is 4.79 Å². The van der Waals surface area contributed by atoms with Gasteiger partial charge in [0.25, 0.3) is 0 Å². The zero-order valence-corrected chi connectivity index (χ0v) is 12.6. The molecule has 0 radical (unpaired) electrons. The number of hydrogen-bond donors (Lipinski definition) is 0. The minimum atomic E-state index is -0.615. The predicted molar refractivity (Wildman–Crippen MR) is 76.8 cm³/mol. The van der Waals surface area contributed by atoms with Crippen LogP contribution in [-0.4, -0.2) is 18.8 Å². The average molecular weight is 370 g/mol. The van der Waals surface area contributed by atoms with E-state index in [2.05, 4.69) is 37.0 Å². The van der Waals surface area contributed by atoms with Crippen molar-refractivity contribution >= 4 is 37.6 Å². The molecule has 0 unspecified atom stereocenters. The molecule has 0 saturated carbocycles. The highest BCUT2D eigenvalue weighted by Crippen LogP contribution is 2.41. The molecule has 1 aliphatic carbocycles. The molecule has 1 aromatic carbocycles. The number of Topliss-reactive ketones (excluding diaryl/α,β-unsaturated/α-hetero) is 1. The second-order valence-electron chi connectivity index (χ2n) is 4.29. The summed E-state index contributed by atoms with van der Waals surface area (Å²) in [5, 5.41) is 4.24. The maximum Gasteiger partial charge on any atom is 0.190 e. The highest BCUT2D eigenvalue weighted by Gasteiger charge is 2.38. The van der Waals surface area contributed by atoms with Gasteiger partial charge >= 0.3 is 0 Å². The molecule has 3 rings (SSSR count). The number of carbonyl (C=O) groups excluding carboxylic acids is 1. The fraction of sp³-hybridized carbons (Fsp3) is 0.231. The van der Waals surface area contributed by atoms with Crippen LogP contribution >= 0.6 is 31.9 Å². The summed E-state index contributed by atoms with van der Waals surface area (Å²) in [5.41, 5.74) is 2.82. The van der Waals surface area contributed by atoms with E-state index in [1.165, 1.54) is 0 Å². The summed E-state index contributed by atoms with van der Waals surface area (Å²) < 4.78 is 1.19. The summed E-state index contributed by atoms with van der Waals surface area (Å²) in [6.45, 7) is 0. The van der Waals surface area contributed by atoms with Crippen molar-refractivity contribution in [2.75, 3.05) is 0 Å². The predicted octanol–water partition coefficient (Wildman–Crippen LogP) is 3.49. The van der Waals surface area contributed by atoms with Gasteiger partial charge in [-0.1, -0.05) is 44.0 Å². The monoisotopic (exact) mass is 368 g/mol. The van der Waals surface area contributed by atoms with E-state index >= 15 is 0 Å². The van der Waals surface area contributed by atoms with Crippen molar-refractivity contribution < 1.29 is 4.79 Å². The number of ketones is 1. The maximum absolute atomic E-state index is 12.3. The smallest absolute Gasteiger partial charge is 0.190 e. The molecule has 1 aromatic heterocycles. The van der Waals surface area contributed by atoms with Crippen LogP contribution in [0.25, 0.3) is 5.69 Å². The Morgan fingerprint density at radius 2 is 2.11 bits per heavy atom. The lowest BCUT2D eigenvalue weighted by Crippen LogP contribution is -2.31. The minimum Gasteiger partial charge on any atom is -0.292 e. The SMILES string of the molecule is O=C1c2cccc(-n3cccn3)c2CCC1(Br)Br. The molecule has 2 aromatic rings. The average Bonchev–Trinajstić information content (AvgIpc) is 2.87.